The topological polar surface area (TPSA) is 28.4 Å². The zero-order chi connectivity index (χ0) is 14.4. The van der Waals surface area contributed by atoms with Gasteiger partial charge in [0.25, 0.3) is 0 Å². The van der Waals surface area contributed by atoms with Crippen molar-refractivity contribution in [3.63, 3.8) is 0 Å². The molecule has 0 radical (unpaired) electrons. The quantitative estimate of drug-likeness (QED) is 0.833. The van der Waals surface area contributed by atoms with Crippen LogP contribution in [-0.2, 0) is 13.1 Å². The molecular formula is C17H24N2O. The summed E-state index contributed by atoms with van der Waals surface area (Å²) in [6.45, 7) is 7.30. The van der Waals surface area contributed by atoms with Gasteiger partial charge in [-0.15, -0.1) is 0 Å². The molecule has 0 unspecified atom stereocenters. The van der Waals surface area contributed by atoms with Crippen molar-refractivity contribution in [2.45, 2.75) is 26.9 Å². The van der Waals surface area contributed by atoms with Gasteiger partial charge in [-0.05, 0) is 36.2 Å². The van der Waals surface area contributed by atoms with E-state index in [9.17, 15) is 0 Å². The second kappa shape index (κ2) is 7.15. The predicted molar refractivity (Wildman–Crippen MR) is 83.8 cm³/mol. The fourth-order valence-electron chi connectivity index (χ4n) is 2.12. The summed E-state index contributed by atoms with van der Waals surface area (Å²) in [7, 11) is 2.10. The monoisotopic (exact) mass is 272 g/mol. The third-order valence-corrected chi connectivity index (χ3v) is 3.26. The summed E-state index contributed by atoms with van der Waals surface area (Å²) >= 11 is 0. The number of nitrogens with zero attached hydrogens (tertiary/aromatic N) is 1. The Morgan fingerprint density at radius 2 is 1.85 bits per heavy atom. The molecule has 1 heterocycles. The summed E-state index contributed by atoms with van der Waals surface area (Å²) in [5, 5.41) is 3.46. The predicted octanol–water partition coefficient (Wildman–Crippen LogP) is 3.66. The fraction of sp³-hybridized carbons (Fsp3) is 0.412. The SMILES string of the molecule is CC(C)CNCc1ccc(N(C)Cc2ccoc2)cc1. The number of hydrogen-bond acceptors (Lipinski definition) is 3. The molecule has 0 atom stereocenters. The molecule has 0 saturated carbocycles. The average molecular weight is 272 g/mol. The van der Waals surface area contributed by atoms with Gasteiger partial charge in [0, 0.05) is 31.4 Å². The van der Waals surface area contributed by atoms with Gasteiger partial charge in [0.2, 0.25) is 0 Å². The lowest BCUT2D eigenvalue weighted by atomic mass is 10.1. The minimum atomic E-state index is 0.690. The molecular weight excluding hydrogens is 248 g/mol. The van der Waals surface area contributed by atoms with Crippen LogP contribution in [0.3, 0.4) is 0 Å². The van der Waals surface area contributed by atoms with Gasteiger partial charge in [-0.2, -0.15) is 0 Å². The maximum Gasteiger partial charge on any atom is 0.0952 e. The molecule has 20 heavy (non-hydrogen) atoms. The van der Waals surface area contributed by atoms with Crippen LogP contribution in [0.1, 0.15) is 25.0 Å². The van der Waals surface area contributed by atoms with E-state index in [1.165, 1.54) is 16.8 Å². The van der Waals surface area contributed by atoms with Crippen molar-refractivity contribution in [1.29, 1.82) is 0 Å². The smallest absolute Gasteiger partial charge is 0.0952 e. The molecule has 0 amide bonds. The molecule has 0 aliphatic heterocycles. The number of rotatable bonds is 7. The van der Waals surface area contributed by atoms with Crippen molar-refractivity contribution >= 4 is 5.69 Å². The van der Waals surface area contributed by atoms with Gasteiger partial charge in [0.1, 0.15) is 0 Å². The summed E-state index contributed by atoms with van der Waals surface area (Å²) < 4.78 is 5.10. The zero-order valence-corrected chi connectivity index (χ0v) is 12.6. The molecule has 0 aliphatic rings. The van der Waals surface area contributed by atoms with E-state index >= 15 is 0 Å². The zero-order valence-electron chi connectivity index (χ0n) is 12.6. The van der Waals surface area contributed by atoms with Crippen LogP contribution in [-0.4, -0.2) is 13.6 Å². The van der Waals surface area contributed by atoms with Crippen LogP contribution in [0.5, 0.6) is 0 Å². The van der Waals surface area contributed by atoms with Crippen LogP contribution in [0, 0.1) is 5.92 Å². The van der Waals surface area contributed by atoms with E-state index in [0.29, 0.717) is 5.92 Å². The van der Waals surface area contributed by atoms with E-state index < -0.39 is 0 Å². The van der Waals surface area contributed by atoms with Crippen LogP contribution < -0.4 is 10.2 Å². The number of nitrogens with one attached hydrogen (secondary N) is 1. The number of benzene rings is 1. The Hall–Kier alpha value is -1.74. The molecule has 0 aliphatic carbocycles. The van der Waals surface area contributed by atoms with Gasteiger partial charge < -0.3 is 14.6 Å². The lowest BCUT2D eigenvalue weighted by Crippen LogP contribution is -2.19. The van der Waals surface area contributed by atoms with E-state index in [0.717, 1.165) is 19.6 Å². The third kappa shape index (κ3) is 4.42. The van der Waals surface area contributed by atoms with Gasteiger partial charge >= 0.3 is 0 Å². The number of furan rings is 1. The van der Waals surface area contributed by atoms with Crippen molar-refractivity contribution in [2.24, 2.45) is 5.92 Å². The largest absolute Gasteiger partial charge is 0.472 e. The third-order valence-electron chi connectivity index (χ3n) is 3.26. The molecule has 1 aromatic carbocycles. The first kappa shape index (κ1) is 14.7. The molecule has 3 nitrogen and oxygen atoms in total. The molecule has 1 aromatic heterocycles. The minimum Gasteiger partial charge on any atom is -0.472 e. The summed E-state index contributed by atoms with van der Waals surface area (Å²) in [6.07, 6.45) is 3.51. The van der Waals surface area contributed by atoms with E-state index in [2.05, 4.69) is 55.4 Å². The highest BCUT2D eigenvalue weighted by molar-refractivity contribution is 5.47. The Kier molecular flexibility index (Phi) is 5.24. The average Bonchev–Trinajstić information content (AvgIpc) is 2.92. The highest BCUT2D eigenvalue weighted by Crippen LogP contribution is 2.16. The van der Waals surface area contributed by atoms with Crippen LogP contribution in [0.15, 0.2) is 47.3 Å². The summed E-state index contributed by atoms with van der Waals surface area (Å²) in [5.41, 5.74) is 3.74. The number of hydrogen-bond donors (Lipinski definition) is 1. The van der Waals surface area contributed by atoms with Crippen molar-refractivity contribution in [3.05, 3.63) is 54.0 Å². The Bertz CT molecular complexity index is 488. The molecule has 0 spiro atoms. The number of anilines is 1. The van der Waals surface area contributed by atoms with Crippen LogP contribution in [0.4, 0.5) is 5.69 Å². The molecule has 108 valence electrons. The Morgan fingerprint density at radius 1 is 1.10 bits per heavy atom. The van der Waals surface area contributed by atoms with Crippen LogP contribution in [0.2, 0.25) is 0 Å². The van der Waals surface area contributed by atoms with Crippen molar-refractivity contribution in [1.82, 2.24) is 5.32 Å². The molecule has 0 bridgehead atoms. The van der Waals surface area contributed by atoms with Gasteiger partial charge in [-0.25, -0.2) is 0 Å². The molecule has 0 saturated heterocycles. The second-order valence-corrected chi connectivity index (χ2v) is 5.68. The maximum atomic E-state index is 5.10. The highest BCUT2D eigenvalue weighted by atomic mass is 16.3. The summed E-state index contributed by atoms with van der Waals surface area (Å²) in [5.74, 6) is 0.690. The first-order valence-corrected chi connectivity index (χ1v) is 7.17. The van der Waals surface area contributed by atoms with Crippen LogP contribution >= 0.6 is 0 Å². The van der Waals surface area contributed by atoms with E-state index in [1.54, 1.807) is 12.5 Å². The summed E-state index contributed by atoms with van der Waals surface area (Å²) in [4.78, 5) is 2.22. The van der Waals surface area contributed by atoms with Gasteiger partial charge in [-0.3, -0.25) is 0 Å². The van der Waals surface area contributed by atoms with Gasteiger partial charge in [0.15, 0.2) is 0 Å². The second-order valence-electron chi connectivity index (χ2n) is 5.68. The van der Waals surface area contributed by atoms with E-state index in [-0.39, 0.29) is 0 Å². The lowest BCUT2D eigenvalue weighted by molar-refractivity contribution is 0.552. The first-order chi connectivity index (χ1) is 9.65. The van der Waals surface area contributed by atoms with Crippen molar-refractivity contribution < 1.29 is 4.42 Å². The Balaban J connectivity index is 1.87. The summed E-state index contributed by atoms with van der Waals surface area (Å²) in [6, 6.07) is 10.7. The molecule has 2 aromatic rings. The Labute approximate surface area is 121 Å². The molecule has 3 heteroatoms. The maximum absolute atomic E-state index is 5.10. The molecule has 2 rings (SSSR count). The molecule has 0 fully saturated rings. The van der Waals surface area contributed by atoms with E-state index in [1.807, 2.05) is 6.07 Å². The normalized spacial score (nSPS) is 11.0. The first-order valence-electron chi connectivity index (χ1n) is 7.17. The highest BCUT2D eigenvalue weighted by Gasteiger charge is 2.03. The minimum absolute atomic E-state index is 0.690. The van der Waals surface area contributed by atoms with Crippen molar-refractivity contribution in [2.75, 3.05) is 18.5 Å². The van der Waals surface area contributed by atoms with E-state index in [4.69, 9.17) is 4.42 Å². The van der Waals surface area contributed by atoms with Gasteiger partial charge in [-0.1, -0.05) is 26.0 Å². The Morgan fingerprint density at radius 3 is 2.45 bits per heavy atom. The standard InChI is InChI=1S/C17H24N2O/c1-14(2)10-18-11-15-4-6-17(7-5-15)19(3)12-16-8-9-20-13-16/h4-9,13-14,18H,10-12H2,1-3H3. The fourth-order valence-corrected chi connectivity index (χ4v) is 2.12. The van der Waals surface area contributed by atoms with Crippen molar-refractivity contribution in [3.8, 4) is 0 Å². The van der Waals surface area contributed by atoms with Crippen LogP contribution in [0.25, 0.3) is 0 Å². The lowest BCUT2D eigenvalue weighted by Gasteiger charge is -2.18. The molecule has 1 N–H and O–H groups in total. The van der Waals surface area contributed by atoms with Gasteiger partial charge in [0.05, 0.1) is 12.5 Å².